The Hall–Kier alpha value is -3.04. The molecule has 0 unspecified atom stereocenters. The van der Waals surface area contributed by atoms with Crippen molar-refractivity contribution in [1.29, 1.82) is 0 Å². The molecule has 3 heterocycles. The van der Waals surface area contributed by atoms with Gasteiger partial charge in [-0.2, -0.15) is 4.98 Å². The van der Waals surface area contributed by atoms with E-state index < -0.39 is 11.2 Å². The monoisotopic (exact) mass is 431 g/mol. The molecule has 158 valence electrons. The third-order valence-electron chi connectivity index (χ3n) is 5.08. The standard InChI is InChI=1S/C20H22ClN5O4/c1-5-30-9-8-24-18(27)16-17(23(3)20(24)28)22-19-25(16)11-12(2)26(19)13-6-7-15(29-4)14(21)10-13/h6-7,10-11H,5,8-9H2,1-4H3. The Labute approximate surface area is 176 Å². The molecule has 4 aromatic rings. The average molecular weight is 432 g/mol. The Kier molecular flexibility index (Phi) is 5.17. The lowest BCUT2D eigenvalue weighted by Crippen LogP contribution is -2.40. The Balaban J connectivity index is 1.98. The number of halogens is 1. The minimum absolute atomic E-state index is 0.177. The van der Waals surface area contributed by atoms with Gasteiger partial charge in [-0.05, 0) is 32.0 Å². The molecule has 0 aliphatic heterocycles. The first-order chi connectivity index (χ1) is 14.4. The molecule has 0 fully saturated rings. The van der Waals surface area contributed by atoms with E-state index in [0.29, 0.717) is 34.3 Å². The van der Waals surface area contributed by atoms with E-state index in [9.17, 15) is 9.59 Å². The maximum absolute atomic E-state index is 13.2. The second kappa shape index (κ2) is 7.66. The molecule has 30 heavy (non-hydrogen) atoms. The summed E-state index contributed by atoms with van der Waals surface area (Å²) >= 11 is 6.30. The third-order valence-corrected chi connectivity index (χ3v) is 5.38. The van der Waals surface area contributed by atoms with Gasteiger partial charge in [-0.25, -0.2) is 4.79 Å². The summed E-state index contributed by atoms with van der Waals surface area (Å²) in [5.74, 6) is 1.08. The molecule has 4 rings (SSSR count). The largest absolute Gasteiger partial charge is 0.495 e. The van der Waals surface area contributed by atoms with Crippen molar-refractivity contribution in [1.82, 2.24) is 23.1 Å². The molecule has 0 saturated carbocycles. The van der Waals surface area contributed by atoms with Crippen LogP contribution in [0.1, 0.15) is 12.6 Å². The lowest BCUT2D eigenvalue weighted by Gasteiger charge is -2.09. The van der Waals surface area contributed by atoms with Gasteiger partial charge in [-0.1, -0.05) is 11.6 Å². The van der Waals surface area contributed by atoms with E-state index in [2.05, 4.69) is 4.98 Å². The molecule has 0 bridgehead atoms. The minimum atomic E-state index is -0.427. The maximum atomic E-state index is 13.2. The van der Waals surface area contributed by atoms with Crippen molar-refractivity contribution in [3.05, 3.63) is 56.0 Å². The predicted octanol–water partition coefficient (Wildman–Crippen LogP) is 2.15. The highest BCUT2D eigenvalue weighted by Gasteiger charge is 2.21. The van der Waals surface area contributed by atoms with Gasteiger partial charge in [0.25, 0.3) is 5.56 Å². The van der Waals surface area contributed by atoms with Crippen LogP contribution in [0.3, 0.4) is 0 Å². The van der Waals surface area contributed by atoms with Gasteiger partial charge in [0.2, 0.25) is 5.78 Å². The summed E-state index contributed by atoms with van der Waals surface area (Å²) in [6, 6.07) is 5.40. The number of benzene rings is 1. The van der Waals surface area contributed by atoms with E-state index in [1.165, 1.54) is 9.13 Å². The number of hydrogen-bond acceptors (Lipinski definition) is 5. The molecule has 9 nitrogen and oxygen atoms in total. The number of methoxy groups -OCH3 is 1. The van der Waals surface area contributed by atoms with Crippen molar-refractivity contribution in [2.45, 2.75) is 20.4 Å². The van der Waals surface area contributed by atoms with Crippen LogP contribution in [-0.4, -0.2) is 43.4 Å². The summed E-state index contributed by atoms with van der Waals surface area (Å²) < 4.78 is 16.7. The van der Waals surface area contributed by atoms with Gasteiger partial charge in [-0.3, -0.25) is 22.9 Å². The Morgan fingerprint density at radius 1 is 1.23 bits per heavy atom. The van der Waals surface area contributed by atoms with E-state index in [4.69, 9.17) is 21.1 Å². The van der Waals surface area contributed by atoms with E-state index in [-0.39, 0.29) is 13.2 Å². The fourth-order valence-corrected chi connectivity index (χ4v) is 3.87. The quantitative estimate of drug-likeness (QED) is 0.437. The molecule has 0 atom stereocenters. The fraction of sp³-hybridized carbons (Fsp3) is 0.350. The van der Waals surface area contributed by atoms with Crippen LogP contribution in [0.5, 0.6) is 5.75 Å². The van der Waals surface area contributed by atoms with Gasteiger partial charge in [0, 0.05) is 25.5 Å². The van der Waals surface area contributed by atoms with Crippen LogP contribution in [0.25, 0.3) is 22.6 Å². The van der Waals surface area contributed by atoms with Crippen LogP contribution in [0.4, 0.5) is 0 Å². The number of aromatic nitrogens is 5. The lowest BCUT2D eigenvalue weighted by atomic mass is 10.3. The summed E-state index contributed by atoms with van der Waals surface area (Å²) in [6.45, 7) is 4.75. The number of imidazole rings is 2. The van der Waals surface area contributed by atoms with Gasteiger partial charge in [-0.15, -0.1) is 0 Å². The minimum Gasteiger partial charge on any atom is -0.495 e. The highest BCUT2D eigenvalue weighted by atomic mass is 35.5. The summed E-state index contributed by atoms with van der Waals surface area (Å²) in [5, 5.41) is 0.461. The number of aryl methyl sites for hydroxylation is 2. The van der Waals surface area contributed by atoms with E-state index in [0.717, 1.165) is 11.4 Å². The van der Waals surface area contributed by atoms with E-state index >= 15 is 0 Å². The molecule has 0 amide bonds. The van der Waals surface area contributed by atoms with E-state index in [1.807, 2.05) is 30.7 Å². The first kappa shape index (κ1) is 20.2. The Bertz CT molecular complexity index is 1380. The molecule has 1 aromatic carbocycles. The van der Waals surface area contributed by atoms with Gasteiger partial charge >= 0.3 is 5.69 Å². The maximum Gasteiger partial charge on any atom is 0.332 e. The number of fused-ring (bicyclic) bond motifs is 3. The predicted molar refractivity (Wildman–Crippen MR) is 114 cm³/mol. The van der Waals surface area contributed by atoms with Crippen molar-refractivity contribution in [3.63, 3.8) is 0 Å². The van der Waals surface area contributed by atoms with E-state index in [1.54, 1.807) is 30.7 Å². The molecule has 0 aliphatic carbocycles. The summed E-state index contributed by atoms with van der Waals surface area (Å²) in [5.41, 5.74) is 1.46. The van der Waals surface area contributed by atoms with Crippen molar-refractivity contribution in [3.8, 4) is 11.4 Å². The summed E-state index contributed by atoms with van der Waals surface area (Å²) in [6.07, 6.45) is 1.82. The highest BCUT2D eigenvalue weighted by Crippen LogP contribution is 2.29. The van der Waals surface area contributed by atoms with Crippen molar-refractivity contribution in [2.24, 2.45) is 7.05 Å². The van der Waals surface area contributed by atoms with Gasteiger partial charge in [0.15, 0.2) is 11.2 Å². The molecular weight excluding hydrogens is 410 g/mol. The molecule has 0 saturated heterocycles. The van der Waals surface area contributed by atoms with Crippen LogP contribution >= 0.6 is 11.6 Å². The first-order valence-electron chi connectivity index (χ1n) is 9.50. The topological polar surface area (TPSA) is 84.7 Å². The molecule has 10 heteroatoms. The molecule has 3 aromatic heterocycles. The normalized spacial score (nSPS) is 11.6. The Morgan fingerprint density at radius 3 is 2.67 bits per heavy atom. The van der Waals surface area contributed by atoms with Crippen LogP contribution in [0, 0.1) is 6.92 Å². The zero-order valence-corrected chi connectivity index (χ0v) is 17.9. The summed E-state index contributed by atoms with van der Waals surface area (Å²) in [7, 11) is 3.16. The smallest absolute Gasteiger partial charge is 0.332 e. The van der Waals surface area contributed by atoms with Gasteiger partial charge in [0.05, 0.1) is 31.0 Å². The lowest BCUT2D eigenvalue weighted by molar-refractivity contribution is 0.137. The van der Waals surface area contributed by atoms with Crippen molar-refractivity contribution in [2.75, 3.05) is 20.3 Å². The highest BCUT2D eigenvalue weighted by molar-refractivity contribution is 6.32. The molecular formula is C20H22ClN5O4. The zero-order chi connectivity index (χ0) is 21.6. The van der Waals surface area contributed by atoms with Crippen LogP contribution in [0.15, 0.2) is 34.0 Å². The number of hydrogen-bond donors (Lipinski definition) is 0. The molecule has 0 radical (unpaired) electrons. The average Bonchev–Trinajstić information content (AvgIpc) is 3.23. The second-order valence-corrected chi connectivity index (χ2v) is 7.28. The van der Waals surface area contributed by atoms with Crippen molar-refractivity contribution >= 4 is 28.5 Å². The number of nitrogens with zero attached hydrogens (tertiary/aromatic N) is 5. The first-order valence-corrected chi connectivity index (χ1v) is 9.88. The number of rotatable bonds is 6. The fourth-order valence-electron chi connectivity index (χ4n) is 3.62. The van der Waals surface area contributed by atoms with Crippen LogP contribution in [0.2, 0.25) is 5.02 Å². The SMILES string of the molecule is CCOCCn1c(=O)c2c(nc3n(-c4ccc(OC)c(Cl)c4)c(C)cn23)n(C)c1=O. The second-order valence-electron chi connectivity index (χ2n) is 6.87. The molecule has 0 spiro atoms. The van der Waals surface area contributed by atoms with Crippen LogP contribution in [-0.2, 0) is 18.3 Å². The third kappa shape index (κ3) is 3.01. The van der Waals surface area contributed by atoms with Crippen molar-refractivity contribution < 1.29 is 9.47 Å². The molecule has 0 N–H and O–H groups in total. The number of ether oxygens (including phenoxy) is 2. The van der Waals surface area contributed by atoms with Crippen LogP contribution < -0.4 is 16.0 Å². The van der Waals surface area contributed by atoms with Gasteiger partial charge in [0.1, 0.15) is 5.75 Å². The summed E-state index contributed by atoms with van der Waals surface area (Å²) in [4.78, 5) is 30.5. The van der Waals surface area contributed by atoms with Gasteiger partial charge < -0.3 is 9.47 Å². The Morgan fingerprint density at radius 2 is 2.00 bits per heavy atom. The molecule has 0 aliphatic rings. The zero-order valence-electron chi connectivity index (χ0n) is 17.2.